The Kier molecular flexibility index (Phi) is 5.66. The Balaban J connectivity index is 1.51. The first kappa shape index (κ1) is 19.4. The zero-order valence-corrected chi connectivity index (χ0v) is 17.0. The van der Waals surface area contributed by atoms with E-state index < -0.39 is 10.0 Å². The van der Waals surface area contributed by atoms with Gasteiger partial charge in [-0.25, -0.2) is 13.4 Å². The summed E-state index contributed by atoms with van der Waals surface area (Å²) in [4.78, 5) is 6.94. The highest BCUT2D eigenvalue weighted by atomic mass is 32.2. The third-order valence-corrected chi connectivity index (χ3v) is 7.31. The van der Waals surface area contributed by atoms with Gasteiger partial charge in [0.15, 0.2) is 0 Å². The molecule has 6 nitrogen and oxygen atoms in total. The molecule has 2 saturated heterocycles. The molecule has 2 unspecified atom stereocenters. The summed E-state index contributed by atoms with van der Waals surface area (Å²) in [7, 11) is -3.45. The summed E-state index contributed by atoms with van der Waals surface area (Å²) in [5.74, 6) is 0.786. The number of anilines is 1. The van der Waals surface area contributed by atoms with Gasteiger partial charge in [-0.2, -0.15) is 4.31 Å². The zero-order valence-electron chi connectivity index (χ0n) is 16.2. The predicted molar refractivity (Wildman–Crippen MR) is 109 cm³/mol. The molecule has 150 valence electrons. The molecule has 0 N–H and O–H groups in total. The van der Waals surface area contributed by atoms with E-state index in [1.165, 1.54) is 6.20 Å². The van der Waals surface area contributed by atoms with Crippen molar-refractivity contribution in [2.24, 2.45) is 0 Å². The molecule has 2 aromatic rings. The van der Waals surface area contributed by atoms with Gasteiger partial charge in [0.05, 0.1) is 6.10 Å². The van der Waals surface area contributed by atoms with Gasteiger partial charge in [-0.05, 0) is 37.5 Å². The normalized spacial score (nSPS) is 24.2. The molecule has 2 aliphatic heterocycles. The van der Waals surface area contributed by atoms with Crippen LogP contribution in [0.3, 0.4) is 0 Å². The van der Waals surface area contributed by atoms with Crippen LogP contribution >= 0.6 is 0 Å². The number of rotatable bonds is 4. The predicted octanol–water partition coefficient (Wildman–Crippen LogP) is 3.22. The van der Waals surface area contributed by atoms with Gasteiger partial charge >= 0.3 is 0 Å². The number of pyridine rings is 1. The van der Waals surface area contributed by atoms with Gasteiger partial charge in [-0.15, -0.1) is 0 Å². The van der Waals surface area contributed by atoms with Gasteiger partial charge in [-0.1, -0.05) is 36.8 Å². The minimum absolute atomic E-state index is 0.0245. The first-order chi connectivity index (χ1) is 13.5. The molecule has 4 rings (SSSR count). The third kappa shape index (κ3) is 4.06. The number of benzene rings is 1. The summed E-state index contributed by atoms with van der Waals surface area (Å²) in [6.45, 7) is 4.68. The molecule has 1 aromatic carbocycles. The van der Waals surface area contributed by atoms with Gasteiger partial charge in [0.1, 0.15) is 16.8 Å². The molecule has 0 amide bonds. The van der Waals surface area contributed by atoms with Crippen molar-refractivity contribution in [2.45, 2.75) is 43.3 Å². The number of ether oxygens (including phenoxy) is 1. The fraction of sp³-hybridized carbons (Fsp3) is 0.476. The van der Waals surface area contributed by atoms with Gasteiger partial charge in [-0.3, -0.25) is 0 Å². The van der Waals surface area contributed by atoms with Crippen molar-refractivity contribution in [2.75, 3.05) is 31.1 Å². The van der Waals surface area contributed by atoms with Gasteiger partial charge in [0.25, 0.3) is 0 Å². The maximum absolute atomic E-state index is 12.8. The quantitative estimate of drug-likeness (QED) is 0.787. The topological polar surface area (TPSA) is 62.7 Å². The van der Waals surface area contributed by atoms with Crippen molar-refractivity contribution in [1.82, 2.24) is 9.29 Å². The molecule has 28 heavy (non-hydrogen) atoms. The van der Waals surface area contributed by atoms with E-state index in [0.29, 0.717) is 19.6 Å². The molecule has 1 aromatic heterocycles. The minimum Gasteiger partial charge on any atom is -0.367 e. The van der Waals surface area contributed by atoms with Crippen molar-refractivity contribution in [3.05, 3.63) is 54.2 Å². The number of nitrogens with zero attached hydrogens (tertiary/aromatic N) is 3. The molecule has 2 fully saturated rings. The van der Waals surface area contributed by atoms with Gasteiger partial charge in [0, 0.05) is 32.4 Å². The molecular formula is C21H27N3O3S. The second-order valence-electron chi connectivity index (χ2n) is 7.57. The van der Waals surface area contributed by atoms with E-state index in [9.17, 15) is 8.42 Å². The number of hydrogen-bond acceptors (Lipinski definition) is 5. The van der Waals surface area contributed by atoms with E-state index in [-0.39, 0.29) is 17.1 Å². The Morgan fingerprint density at radius 3 is 2.43 bits per heavy atom. The minimum atomic E-state index is -3.45. The third-order valence-electron chi connectivity index (χ3n) is 5.43. The summed E-state index contributed by atoms with van der Waals surface area (Å²) < 4.78 is 33.3. The molecule has 0 spiro atoms. The Morgan fingerprint density at radius 2 is 1.75 bits per heavy atom. The number of piperidine rings is 1. The average Bonchev–Trinajstić information content (AvgIpc) is 2.75. The van der Waals surface area contributed by atoms with Crippen LogP contribution in [0.5, 0.6) is 0 Å². The Morgan fingerprint density at radius 1 is 1.00 bits per heavy atom. The highest BCUT2D eigenvalue weighted by Gasteiger charge is 2.29. The van der Waals surface area contributed by atoms with Crippen LogP contribution in [0.25, 0.3) is 0 Å². The van der Waals surface area contributed by atoms with Crippen molar-refractivity contribution in [3.63, 3.8) is 0 Å². The Hall–Kier alpha value is -1.96. The lowest BCUT2D eigenvalue weighted by atomic mass is 10.1. The first-order valence-electron chi connectivity index (χ1n) is 9.95. The van der Waals surface area contributed by atoms with Crippen LogP contribution in [-0.2, 0) is 14.8 Å². The molecule has 0 aliphatic carbocycles. The highest BCUT2D eigenvalue weighted by Crippen LogP contribution is 2.28. The van der Waals surface area contributed by atoms with Crippen LogP contribution in [0.4, 0.5) is 5.82 Å². The zero-order chi connectivity index (χ0) is 19.6. The lowest BCUT2D eigenvalue weighted by Gasteiger charge is -2.37. The number of morpholine rings is 1. The van der Waals surface area contributed by atoms with Crippen molar-refractivity contribution in [1.29, 1.82) is 0 Å². The maximum Gasteiger partial charge on any atom is 0.244 e. The van der Waals surface area contributed by atoms with E-state index in [0.717, 1.165) is 37.2 Å². The molecule has 2 atom stereocenters. The van der Waals surface area contributed by atoms with Crippen LogP contribution in [0.15, 0.2) is 53.6 Å². The van der Waals surface area contributed by atoms with E-state index in [2.05, 4.69) is 28.9 Å². The van der Waals surface area contributed by atoms with Crippen LogP contribution < -0.4 is 4.90 Å². The molecule has 0 radical (unpaired) electrons. The maximum atomic E-state index is 12.8. The van der Waals surface area contributed by atoms with Crippen molar-refractivity contribution >= 4 is 15.8 Å². The smallest absolute Gasteiger partial charge is 0.244 e. The molecule has 7 heteroatoms. The summed E-state index contributed by atoms with van der Waals surface area (Å²) in [5.41, 5.74) is 1.14. The van der Waals surface area contributed by atoms with E-state index >= 15 is 0 Å². The number of hydrogen-bond donors (Lipinski definition) is 0. The molecule has 0 bridgehead atoms. The molecule has 3 heterocycles. The lowest BCUT2D eigenvalue weighted by molar-refractivity contribution is -0.0176. The van der Waals surface area contributed by atoms with Gasteiger partial charge in [0.2, 0.25) is 10.0 Å². The van der Waals surface area contributed by atoms with Crippen LogP contribution in [0.1, 0.15) is 37.9 Å². The number of aromatic nitrogens is 1. The first-order valence-corrected chi connectivity index (χ1v) is 11.4. The van der Waals surface area contributed by atoms with E-state index in [1.807, 2.05) is 24.3 Å². The van der Waals surface area contributed by atoms with E-state index in [4.69, 9.17) is 4.74 Å². The second-order valence-corrected chi connectivity index (χ2v) is 9.51. The summed E-state index contributed by atoms with van der Waals surface area (Å²) in [6, 6.07) is 13.7. The standard InChI is InChI=1S/C21H27N3O3S/c1-17-15-23(16-20(27-17)18-8-4-2-5-9-18)21-11-10-19(14-22-21)28(25,26)24-12-6-3-7-13-24/h2,4-5,8-11,14,17,20H,3,6-7,12-13,15-16H2,1H3. The average molecular weight is 402 g/mol. The van der Waals surface area contributed by atoms with Crippen molar-refractivity contribution in [3.8, 4) is 0 Å². The molecule has 0 saturated carbocycles. The fourth-order valence-corrected chi connectivity index (χ4v) is 5.42. The summed E-state index contributed by atoms with van der Waals surface area (Å²) >= 11 is 0. The molecule has 2 aliphatic rings. The Bertz CT molecular complexity index is 881. The lowest BCUT2D eigenvalue weighted by Crippen LogP contribution is -2.43. The van der Waals surface area contributed by atoms with Gasteiger partial charge < -0.3 is 9.64 Å². The van der Waals surface area contributed by atoms with Crippen molar-refractivity contribution < 1.29 is 13.2 Å². The summed E-state index contributed by atoms with van der Waals surface area (Å²) in [6.07, 6.45) is 4.49. The van der Waals surface area contributed by atoms with Crippen LogP contribution in [0, 0.1) is 0 Å². The molecular weight excluding hydrogens is 374 g/mol. The van der Waals surface area contributed by atoms with Crippen LogP contribution in [0.2, 0.25) is 0 Å². The number of sulfonamides is 1. The highest BCUT2D eigenvalue weighted by molar-refractivity contribution is 7.89. The largest absolute Gasteiger partial charge is 0.367 e. The van der Waals surface area contributed by atoms with Crippen LogP contribution in [-0.4, -0.2) is 50.0 Å². The van der Waals surface area contributed by atoms with E-state index in [1.54, 1.807) is 10.4 Å². The SMILES string of the molecule is CC1CN(c2ccc(S(=O)(=O)N3CCCCC3)cn2)CC(c2ccccc2)O1. The Labute approximate surface area is 167 Å². The second kappa shape index (κ2) is 8.19. The fourth-order valence-electron chi connectivity index (χ4n) is 3.96. The summed E-state index contributed by atoms with van der Waals surface area (Å²) in [5, 5.41) is 0. The monoisotopic (exact) mass is 401 g/mol.